The second kappa shape index (κ2) is 12.0. The number of anilines is 4. The van der Waals surface area contributed by atoms with E-state index in [1.807, 2.05) is 48.2 Å². The Balaban J connectivity index is 1.27. The van der Waals surface area contributed by atoms with Gasteiger partial charge in [0.1, 0.15) is 5.82 Å². The minimum absolute atomic E-state index is 0.0448. The van der Waals surface area contributed by atoms with Crippen molar-refractivity contribution < 1.29 is 9.59 Å². The molecule has 0 saturated carbocycles. The van der Waals surface area contributed by atoms with Crippen LogP contribution < -0.4 is 21.3 Å². The molecule has 1 saturated heterocycles. The molecule has 9 nitrogen and oxygen atoms in total. The summed E-state index contributed by atoms with van der Waals surface area (Å²) in [6.07, 6.45) is 4.53. The summed E-state index contributed by atoms with van der Waals surface area (Å²) in [6.45, 7) is 4.78. The van der Waals surface area contributed by atoms with E-state index in [0.717, 1.165) is 52.3 Å². The highest BCUT2D eigenvalue weighted by molar-refractivity contribution is 9.10. The Kier molecular flexibility index (Phi) is 8.54. The zero-order chi connectivity index (χ0) is 24.6. The Morgan fingerprint density at radius 1 is 1.11 bits per heavy atom. The molecule has 1 aromatic carbocycles. The van der Waals surface area contributed by atoms with E-state index in [2.05, 4.69) is 47.2 Å². The van der Waals surface area contributed by atoms with Crippen molar-refractivity contribution in [3.63, 3.8) is 0 Å². The maximum atomic E-state index is 12.4. The van der Waals surface area contributed by atoms with Crippen molar-refractivity contribution in [3.8, 4) is 0 Å². The molecule has 3 heterocycles. The van der Waals surface area contributed by atoms with Gasteiger partial charge < -0.3 is 26.2 Å². The second-order valence-corrected chi connectivity index (χ2v) is 10.3. The first-order valence-corrected chi connectivity index (χ1v) is 13.1. The van der Waals surface area contributed by atoms with Gasteiger partial charge in [-0.25, -0.2) is 9.78 Å². The summed E-state index contributed by atoms with van der Waals surface area (Å²) in [6, 6.07) is 11.2. The van der Waals surface area contributed by atoms with Gasteiger partial charge in [-0.2, -0.15) is 4.98 Å². The van der Waals surface area contributed by atoms with Crippen molar-refractivity contribution in [1.29, 1.82) is 0 Å². The highest BCUT2D eigenvalue weighted by Gasteiger charge is 2.17. The number of aryl methyl sites for hydroxylation is 1. The van der Waals surface area contributed by atoms with Crippen molar-refractivity contribution in [2.45, 2.75) is 26.2 Å². The largest absolute Gasteiger partial charge is 0.369 e. The molecule has 0 bridgehead atoms. The molecule has 0 radical (unpaired) electrons. The first kappa shape index (κ1) is 24.9. The molecule has 0 spiro atoms. The van der Waals surface area contributed by atoms with E-state index in [4.69, 9.17) is 0 Å². The molecule has 184 valence electrons. The Bertz CT molecular complexity index is 1180. The van der Waals surface area contributed by atoms with Gasteiger partial charge in [-0.05, 0) is 72.4 Å². The third kappa shape index (κ3) is 7.15. The summed E-state index contributed by atoms with van der Waals surface area (Å²) < 4.78 is 0.743. The van der Waals surface area contributed by atoms with Crippen LogP contribution in [0.5, 0.6) is 0 Å². The molecule has 1 aliphatic rings. The van der Waals surface area contributed by atoms with Gasteiger partial charge in [0.25, 0.3) is 5.91 Å². The smallest absolute Gasteiger partial charge is 0.321 e. The summed E-state index contributed by atoms with van der Waals surface area (Å²) in [7, 11) is 0. The van der Waals surface area contributed by atoms with Crippen molar-refractivity contribution in [3.05, 3.63) is 56.8 Å². The van der Waals surface area contributed by atoms with E-state index < -0.39 is 0 Å². The molecular formula is C24H28BrN7O2S. The van der Waals surface area contributed by atoms with Crippen LogP contribution in [0.15, 0.2) is 47.1 Å². The van der Waals surface area contributed by atoms with Crippen LogP contribution >= 0.6 is 27.3 Å². The first-order chi connectivity index (χ1) is 17.0. The van der Waals surface area contributed by atoms with Crippen LogP contribution in [0, 0.1) is 6.92 Å². The number of thiophene rings is 1. The van der Waals surface area contributed by atoms with Gasteiger partial charge in [0.15, 0.2) is 0 Å². The molecule has 0 atom stereocenters. The lowest BCUT2D eigenvalue weighted by atomic mass is 10.3. The summed E-state index contributed by atoms with van der Waals surface area (Å²) in [5.41, 5.74) is 1.48. The number of hydrogen-bond acceptors (Lipinski definition) is 7. The first-order valence-electron chi connectivity index (χ1n) is 11.5. The number of nitrogens with one attached hydrogen (secondary N) is 4. The molecule has 11 heteroatoms. The molecule has 35 heavy (non-hydrogen) atoms. The number of aromatic nitrogens is 2. The zero-order valence-electron chi connectivity index (χ0n) is 19.4. The van der Waals surface area contributed by atoms with E-state index in [0.29, 0.717) is 30.5 Å². The minimum Gasteiger partial charge on any atom is -0.369 e. The van der Waals surface area contributed by atoms with E-state index in [1.165, 1.54) is 11.3 Å². The highest BCUT2D eigenvalue weighted by atomic mass is 79.9. The van der Waals surface area contributed by atoms with Gasteiger partial charge in [-0.15, -0.1) is 11.3 Å². The third-order valence-corrected chi connectivity index (χ3v) is 6.98. The van der Waals surface area contributed by atoms with Gasteiger partial charge in [-0.1, -0.05) is 6.07 Å². The lowest BCUT2D eigenvalue weighted by Crippen LogP contribution is -2.32. The number of nitrogens with zero attached hydrogens (tertiary/aromatic N) is 3. The van der Waals surface area contributed by atoms with Crippen molar-refractivity contribution >= 4 is 62.3 Å². The van der Waals surface area contributed by atoms with E-state index >= 15 is 0 Å². The second-order valence-electron chi connectivity index (χ2n) is 8.17. The highest BCUT2D eigenvalue weighted by Crippen LogP contribution is 2.23. The van der Waals surface area contributed by atoms with E-state index in [-0.39, 0.29) is 11.9 Å². The van der Waals surface area contributed by atoms with Crippen LogP contribution in [-0.2, 0) is 0 Å². The van der Waals surface area contributed by atoms with Crippen LogP contribution in [0.25, 0.3) is 0 Å². The molecule has 3 aromatic rings. The number of halogens is 1. The van der Waals surface area contributed by atoms with E-state index in [1.54, 1.807) is 6.20 Å². The van der Waals surface area contributed by atoms with Gasteiger partial charge >= 0.3 is 6.03 Å². The van der Waals surface area contributed by atoms with Gasteiger partial charge in [0, 0.05) is 48.6 Å². The molecule has 3 amide bonds. The summed E-state index contributed by atoms with van der Waals surface area (Å²) >= 11 is 4.97. The summed E-state index contributed by atoms with van der Waals surface area (Å²) in [5, 5.41) is 12.3. The zero-order valence-corrected chi connectivity index (χ0v) is 21.8. The number of carbonyl (C=O) groups excluding carboxylic acids is 2. The number of hydrogen-bond donors (Lipinski definition) is 4. The number of amides is 3. The summed E-state index contributed by atoms with van der Waals surface area (Å²) in [5.74, 6) is 1.04. The van der Waals surface area contributed by atoms with Crippen molar-refractivity contribution in [2.24, 2.45) is 0 Å². The fraction of sp³-hybridized carbons (Fsp3) is 0.333. The fourth-order valence-corrected chi connectivity index (χ4v) is 4.73. The van der Waals surface area contributed by atoms with Crippen molar-refractivity contribution in [1.82, 2.24) is 20.2 Å². The quantitative estimate of drug-likeness (QED) is 0.268. The lowest BCUT2D eigenvalue weighted by molar-refractivity contribution is 0.0957. The van der Waals surface area contributed by atoms with Gasteiger partial charge in [0.05, 0.1) is 9.35 Å². The molecule has 2 aromatic heterocycles. The Hall–Kier alpha value is -3.18. The fourth-order valence-electron chi connectivity index (χ4n) is 3.62. The third-order valence-electron chi connectivity index (χ3n) is 5.40. The molecule has 0 aliphatic carbocycles. The molecule has 0 unspecified atom stereocenters. The van der Waals surface area contributed by atoms with Crippen LogP contribution in [0.1, 0.15) is 33.8 Å². The number of urea groups is 1. The minimum atomic E-state index is -0.0762. The normalized spacial score (nSPS) is 12.9. The van der Waals surface area contributed by atoms with E-state index in [9.17, 15) is 9.59 Å². The lowest BCUT2D eigenvalue weighted by Gasteiger charge is -2.16. The van der Waals surface area contributed by atoms with Gasteiger partial charge in [0.2, 0.25) is 5.95 Å². The standard InChI is InChI=1S/C24H28BrN7O2S/c1-16-8-9-20(35-16)22(33)27-11-5-10-26-21-19(25)15-28-23(31-21)29-17-6-4-7-18(14-17)30-24(34)32-12-2-3-13-32/h4,6-9,14-15H,2-3,5,10-13H2,1H3,(H,27,33)(H,30,34)(H2,26,28,29,31). The maximum Gasteiger partial charge on any atom is 0.321 e. The predicted octanol–water partition coefficient (Wildman–Crippen LogP) is 5.21. The number of rotatable bonds is 9. The SMILES string of the molecule is Cc1ccc(C(=O)NCCCNc2nc(Nc3cccc(NC(=O)N4CCCC4)c3)ncc2Br)s1. The number of carbonyl (C=O) groups is 2. The van der Waals surface area contributed by atoms with Crippen LogP contribution in [0.4, 0.5) is 27.9 Å². The molecule has 1 fully saturated rings. The van der Waals surface area contributed by atoms with Crippen LogP contribution in [0.3, 0.4) is 0 Å². The monoisotopic (exact) mass is 557 g/mol. The molecular weight excluding hydrogens is 530 g/mol. The summed E-state index contributed by atoms with van der Waals surface area (Å²) in [4.78, 5) is 37.0. The van der Waals surface area contributed by atoms with Crippen LogP contribution in [0.2, 0.25) is 0 Å². The van der Waals surface area contributed by atoms with Crippen LogP contribution in [-0.4, -0.2) is 53.0 Å². The van der Waals surface area contributed by atoms with Crippen molar-refractivity contribution in [2.75, 3.05) is 42.1 Å². The Morgan fingerprint density at radius 2 is 1.91 bits per heavy atom. The number of likely N-dealkylation sites (tertiary alicyclic amines) is 1. The Morgan fingerprint density at radius 3 is 2.69 bits per heavy atom. The maximum absolute atomic E-state index is 12.4. The molecule has 4 rings (SSSR count). The molecule has 4 N–H and O–H groups in total. The van der Waals surface area contributed by atoms with Gasteiger partial charge in [-0.3, -0.25) is 4.79 Å². The average molecular weight is 559 g/mol. The average Bonchev–Trinajstić information content (AvgIpc) is 3.53. The number of benzene rings is 1. The Labute approximate surface area is 216 Å². The topological polar surface area (TPSA) is 111 Å². The predicted molar refractivity (Wildman–Crippen MR) is 144 cm³/mol. The molecule has 1 aliphatic heterocycles.